The fourth-order valence-electron chi connectivity index (χ4n) is 4.77. The van der Waals surface area contributed by atoms with Crippen molar-refractivity contribution in [2.45, 2.75) is 45.2 Å². The van der Waals surface area contributed by atoms with Crippen LogP contribution in [0.25, 0.3) is 0 Å². The number of likely N-dealkylation sites (tertiary alicyclic amines) is 1. The molecule has 5 rings (SSSR count). The lowest BCUT2D eigenvalue weighted by molar-refractivity contribution is -0.128. The van der Waals surface area contributed by atoms with Gasteiger partial charge in [0.05, 0.1) is 18.8 Å². The number of nitrogens with zero attached hydrogens (tertiary/aromatic N) is 4. The van der Waals surface area contributed by atoms with Crippen molar-refractivity contribution in [3.8, 4) is 5.75 Å². The molecule has 1 saturated carbocycles. The van der Waals surface area contributed by atoms with Crippen molar-refractivity contribution in [2.24, 2.45) is 5.92 Å². The van der Waals surface area contributed by atoms with Crippen LogP contribution in [0.15, 0.2) is 48.5 Å². The van der Waals surface area contributed by atoms with Gasteiger partial charge in [-0.2, -0.15) is 0 Å². The number of halogens is 1. The molecule has 1 aliphatic carbocycles. The van der Waals surface area contributed by atoms with Gasteiger partial charge in [0.15, 0.2) is 5.69 Å². The van der Waals surface area contributed by atoms with Gasteiger partial charge in [-0.1, -0.05) is 35.5 Å². The predicted molar refractivity (Wildman–Crippen MR) is 131 cm³/mol. The molecule has 2 heterocycles. The topological polar surface area (TPSA) is 89.3 Å². The molecule has 2 aliphatic rings. The van der Waals surface area contributed by atoms with E-state index in [0.717, 1.165) is 35.4 Å². The van der Waals surface area contributed by atoms with Crippen LogP contribution < -0.4 is 10.1 Å². The second-order valence-corrected chi connectivity index (χ2v) is 9.48. The predicted octanol–water partition coefficient (Wildman–Crippen LogP) is 3.52. The molecule has 1 aliphatic heterocycles. The lowest BCUT2D eigenvalue weighted by Gasteiger charge is -2.19. The summed E-state index contributed by atoms with van der Waals surface area (Å²) in [6, 6.07) is 14.1. The van der Waals surface area contributed by atoms with Crippen molar-refractivity contribution in [3.05, 3.63) is 76.9 Å². The Morgan fingerprint density at radius 1 is 1.17 bits per heavy atom. The smallest absolute Gasteiger partial charge is 0.273 e. The number of carbonyl (C=O) groups excluding carboxylic acids is 2. The Labute approximate surface area is 209 Å². The number of aromatic nitrogens is 3. The third kappa shape index (κ3) is 5.40. The maximum atomic E-state index is 13.6. The Kier molecular flexibility index (Phi) is 6.97. The number of carbonyl (C=O) groups is 2. The molecule has 2 fully saturated rings. The van der Waals surface area contributed by atoms with E-state index in [1.165, 1.54) is 12.1 Å². The van der Waals surface area contributed by atoms with Gasteiger partial charge in [0.25, 0.3) is 5.91 Å². The van der Waals surface area contributed by atoms with Gasteiger partial charge >= 0.3 is 0 Å². The van der Waals surface area contributed by atoms with Crippen LogP contribution in [-0.2, 0) is 17.9 Å². The number of rotatable bonds is 10. The Morgan fingerprint density at radius 2 is 2.00 bits per heavy atom. The van der Waals surface area contributed by atoms with Crippen LogP contribution in [0.4, 0.5) is 4.39 Å². The van der Waals surface area contributed by atoms with E-state index in [9.17, 15) is 14.0 Å². The van der Waals surface area contributed by atoms with Gasteiger partial charge in [0.2, 0.25) is 5.91 Å². The molecule has 36 heavy (non-hydrogen) atoms. The van der Waals surface area contributed by atoms with Crippen molar-refractivity contribution >= 4 is 11.8 Å². The summed E-state index contributed by atoms with van der Waals surface area (Å²) in [6.07, 6.45) is 2.34. The van der Waals surface area contributed by atoms with Crippen LogP contribution in [0.1, 0.15) is 59.4 Å². The number of hydrogen-bond acceptors (Lipinski definition) is 5. The molecule has 1 N–H and O–H groups in total. The SMILES string of the molecule is CCOc1ccccc1CN1CC(CNC(=O)c2nnn(Cc3cccc(F)c3)c2C2CC2)CC1=O. The largest absolute Gasteiger partial charge is 0.494 e. The van der Waals surface area contributed by atoms with Crippen molar-refractivity contribution in [2.75, 3.05) is 19.7 Å². The summed E-state index contributed by atoms with van der Waals surface area (Å²) in [5.74, 6) is 0.532. The standard InChI is InChI=1S/C27H30FN5O3/c1-2-36-23-9-4-3-7-21(23)17-32-15-19(13-24(32)34)14-29-27(35)25-26(20-10-11-20)33(31-30-25)16-18-6-5-8-22(28)12-18/h3-9,12,19-20H,2,10-11,13-17H2,1H3,(H,29,35). The Balaban J connectivity index is 1.21. The van der Waals surface area contributed by atoms with E-state index in [-0.39, 0.29) is 29.5 Å². The molecule has 9 heteroatoms. The highest BCUT2D eigenvalue weighted by Crippen LogP contribution is 2.41. The normalized spacial score (nSPS) is 17.4. The van der Waals surface area contributed by atoms with E-state index < -0.39 is 0 Å². The highest BCUT2D eigenvalue weighted by Gasteiger charge is 2.35. The van der Waals surface area contributed by atoms with Crippen molar-refractivity contribution in [1.29, 1.82) is 0 Å². The Bertz CT molecular complexity index is 1260. The first-order valence-corrected chi connectivity index (χ1v) is 12.5. The molecule has 2 amide bonds. The lowest BCUT2D eigenvalue weighted by atomic mass is 10.1. The van der Waals surface area contributed by atoms with Crippen LogP contribution in [0, 0.1) is 11.7 Å². The fourth-order valence-corrected chi connectivity index (χ4v) is 4.77. The van der Waals surface area contributed by atoms with E-state index >= 15 is 0 Å². The van der Waals surface area contributed by atoms with E-state index in [0.29, 0.717) is 44.9 Å². The minimum absolute atomic E-state index is 0.0208. The summed E-state index contributed by atoms with van der Waals surface area (Å²) in [7, 11) is 0. The lowest BCUT2D eigenvalue weighted by Crippen LogP contribution is -2.32. The molecular formula is C27H30FN5O3. The van der Waals surface area contributed by atoms with Crippen molar-refractivity contribution < 1.29 is 18.7 Å². The van der Waals surface area contributed by atoms with Gasteiger partial charge in [0.1, 0.15) is 11.6 Å². The first kappa shape index (κ1) is 24.0. The first-order chi connectivity index (χ1) is 17.5. The summed E-state index contributed by atoms with van der Waals surface area (Å²) in [6.45, 7) is 4.30. The maximum Gasteiger partial charge on any atom is 0.273 e. The number of benzene rings is 2. The molecular weight excluding hydrogens is 461 g/mol. The van der Waals surface area contributed by atoms with Crippen LogP contribution in [0.3, 0.4) is 0 Å². The summed E-state index contributed by atoms with van der Waals surface area (Å²) in [5, 5.41) is 11.3. The van der Waals surface area contributed by atoms with Crippen LogP contribution in [-0.4, -0.2) is 51.4 Å². The monoisotopic (exact) mass is 491 g/mol. The van der Waals surface area contributed by atoms with Crippen LogP contribution in [0.5, 0.6) is 5.75 Å². The Morgan fingerprint density at radius 3 is 2.78 bits per heavy atom. The molecule has 1 saturated heterocycles. The quantitative estimate of drug-likeness (QED) is 0.469. The number of hydrogen-bond donors (Lipinski definition) is 1. The number of nitrogens with one attached hydrogen (secondary N) is 1. The van der Waals surface area contributed by atoms with Crippen LogP contribution in [0.2, 0.25) is 0 Å². The molecule has 2 aromatic carbocycles. The number of amides is 2. The zero-order chi connectivity index (χ0) is 25.1. The van der Waals surface area contributed by atoms with E-state index in [4.69, 9.17) is 4.74 Å². The van der Waals surface area contributed by atoms with Gasteiger partial charge in [-0.25, -0.2) is 9.07 Å². The van der Waals surface area contributed by atoms with Gasteiger partial charge in [-0.15, -0.1) is 5.10 Å². The third-order valence-corrected chi connectivity index (χ3v) is 6.65. The zero-order valence-electron chi connectivity index (χ0n) is 20.3. The average Bonchev–Trinajstić information content (AvgIpc) is 3.52. The third-order valence-electron chi connectivity index (χ3n) is 6.65. The summed E-state index contributed by atoms with van der Waals surface area (Å²) < 4.78 is 21.0. The molecule has 1 atom stereocenters. The first-order valence-electron chi connectivity index (χ1n) is 12.5. The summed E-state index contributed by atoms with van der Waals surface area (Å²) in [4.78, 5) is 27.5. The fraction of sp³-hybridized carbons (Fsp3) is 0.407. The van der Waals surface area contributed by atoms with E-state index in [1.54, 1.807) is 10.7 Å². The van der Waals surface area contributed by atoms with E-state index in [2.05, 4.69) is 15.6 Å². The highest BCUT2D eigenvalue weighted by atomic mass is 19.1. The molecule has 1 aromatic heterocycles. The molecule has 3 aromatic rings. The minimum Gasteiger partial charge on any atom is -0.494 e. The van der Waals surface area contributed by atoms with Gasteiger partial charge < -0.3 is 15.0 Å². The molecule has 0 bridgehead atoms. The number of para-hydroxylation sites is 1. The molecule has 188 valence electrons. The minimum atomic E-state index is -0.305. The highest BCUT2D eigenvalue weighted by molar-refractivity contribution is 5.93. The molecule has 0 spiro atoms. The Hall–Kier alpha value is -3.75. The summed E-state index contributed by atoms with van der Waals surface area (Å²) >= 11 is 0. The van der Waals surface area contributed by atoms with Gasteiger partial charge in [0, 0.05) is 43.5 Å². The average molecular weight is 492 g/mol. The summed E-state index contributed by atoms with van der Waals surface area (Å²) in [5.41, 5.74) is 2.86. The second kappa shape index (κ2) is 10.5. The van der Waals surface area contributed by atoms with Crippen LogP contribution >= 0.6 is 0 Å². The molecule has 0 radical (unpaired) electrons. The molecule has 1 unspecified atom stereocenters. The van der Waals surface area contributed by atoms with Gasteiger partial charge in [-0.05, 0) is 43.5 Å². The maximum absolute atomic E-state index is 13.6. The van der Waals surface area contributed by atoms with E-state index in [1.807, 2.05) is 42.2 Å². The second-order valence-electron chi connectivity index (χ2n) is 9.48. The van der Waals surface area contributed by atoms with Crippen molar-refractivity contribution in [1.82, 2.24) is 25.2 Å². The van der Waals surface area contributed by atoms with Gasteiger partial charge in [-0.3, -0.25) is 9.59 Å². The zero-order valence-corrected chi connectivity index (χ0v) is 20.3. The molecule has 8 nitrogen and oxygen atoms in total. The number of ether oxygens (including phenoxy) is 1. The van der Waals surface area contributed by atoms with Crippen molar-refractivity contribution in [3.63, 3.8) is 0 Å².